The van der Waals surface area contributed by atoms with E-state index in [1.54, 1.807) is 0 Å². The summed E-state index contributed by atoms with van der Waals surface area (Å²) in [6.07, 6.45) is 2.98. The summed E-state index contributed by atoms with van der Waals surface area (Å²) in [5, 5.41) is 0. The number of rotatable bonds is 3. The molecule has 1 aromatic carbocycles. The van der Waals surface area contributed by atoms with E-state index in [9.17, 15) is 0 Å². The molecule has 57 valence electrons. The van der Waals surface area contributed by atoms with Gasteiger partial charge in [0.1, 0.15) is 0 Å². The maximum absolute atomic E-state index is 3.77. The van der Waals surface area contributed by atoms with E-state index in [4.69, 9.17) is 0 Å². The van der Waals surface area contributed by atoms with Crippen LogP contribution >= 0.6 is 0 Å². The molecular weight excluding hydrogens is 132 g/mol. The molecule has 0 saturated carbocycles. The standard InChI is InChI=1S/C11H13/c1-3-10(4-2)11-8-6-5-7-9-11/h3,5-9H,1,4H2,2H3. The molecule has 0 nitrogen and oxygen atoms in total. The Morgan fingerprint density at radius 2 is 2.00 bits per heavy atom. The summed E-state index contributed by atoms with van der Waals surface area (Å²) in [6, 6.07) is 10.4. The Bertz CT molecular complexity index is 211. The van der Waals surface area contributed by atoms with Crippen molar-refractivity contribution < 1.29 is 0 Å². The van der Waals surface area contributed by atoms with Crippen molar-refractivity contribution in [2.24, 2.45) is 0 Å². The lowest BCUT2D eigenvalue weighted by Crippen LogP contribution is -1.92. The summed E-state index contributed by atoms with van der Waals surface area (Å²) in [6.45, 7) is 5.91. The second-order valence-electron chi connectivity index (χ2n) is 2.45. The zero-order chi connectivity index (χ0) is 8.10. The zero-order valence-corrected chi connectivity index (χ0v) is 6.88. The van der Waals surface area contributed by atoms with Crippen molar-refractivity contribution >= 4 is 0 Å². The molecule has 0 spiro atoms. The van der Waals surface area contributed by atoms with E-state index >= 15 is 0 Å². The molecule has 1 aromatic rings. The largest absolute Gasteiger partial charge is 0.102 e. The molecular formula is C11H13. The Labute approximate surface area is 68.6 Å². The first-order valence-corrected chi connectivity index (χ1v) is 3.92. The molecule has 0 unspecified atom stereocenters. The van der Waals surface area contributed by atoms with Crippen LogP contribution in [0.15, 0.2) is 43.0 Å². The van der Waals surface area contributed by atoms with Crippen LogP contribution in [0.1, 0.15) is 18.9 Å². The van der Waals surface area contributed by atoms with Crippen LogP contribution in [-0.4, -0.2) is 0 Å². The molecule has 11 heavy (non-hydrogen) atoms. The molecule has 0 aromatic heterocycles. The van der Waals surface area contributed by atoms with Crippen LogP contribution in [0.2, 0.25) is 0 Å². The van der Waals surface area contributed by atoms with Crippen LogP contribution in [0, 0.1) is 5.92 Å². The SMILES string of the molecule is C=C[C](CC)c1ccccc1. The average molecular weight is 145 g/mol. The minimum atomic E-state index is 1.05. The molecule has 1 rings (SSSR count). The molecule has 0 aliphatic heterocycles. The average Bonchev–Trinajstić information content (AvgIpc) is 2.09. The monoisotopic (exact) mass is 145 g/mol. The molecule has 0 heterocycles. The summed E-state index contributed by atoms with van der Waals surface area (Å²) in [5.74, 6) is 1.31. The van der Waals surface area contributed by atoms with Crippen molar-refractivity contribution in [3.63, 3.8) is 0 Å². The Balaban J connectivity index is 2.82. The third-order valence-corrected chi connectivity index (χ3v) is 1.77. The van der Waals surface area contributed by atoms with Crippen LogP contribution < -0.4 is 0 Å². The van der Waals surface area contributed by atoms with Crippen LogP contribution in [0.3, 0.4) is 0 Å². The van der Waals surface area contributed by atoms with Gasteiger partial charge in [0.25, 0.3) is 0 Å². The summed E-state index contributed by atoms with van der Waals surface area (Å²) in [5.41, 5.74) is 1.28. The van der Waals surface area contributed by atoms with E-state index < -0.39 is 0 Å². The van der Waals surface area contributed by atoms with Gasteiger partial charge in [-0.1, -0.05) is 43.3 Å². The lowest BCUT2D eigenvalue weighted by atomic mass is 9.97. The summed E-state index contributed by atoms with van der Waals surface area (Å²) in [7, 11) is 0. The maximum atomic E-state index is 3.77. The lowest BCUT2D eigenvalue weighted by Gasteiger charge is -2.07. The molecule has 0 atom stereocenters. The third kappa shape index (κ3) is 1.94. The maximum Gasteiger partial charge on any atom is 0.0258 e. The number of hydrogen-bond acceptors (Lipinski definition) is 0. The predicted molar refractivity (Wildman–Crippen MR) is 49.3 cm³/mol. The second-order valence-corrected chi connectivity index (χ2v) is 2.45. The van der Waals surface area contributed by atoms with E-state index in [0.29, 0.717) is 0 Å². The highest BCUT2D eigenvalue weighted by molar-refractivity contribution is 5.35. The van der Waals surface area contributed by atoms with Gasteiger partial charge in [0.15, 0.2) is 0 Å². The summed E-state index contributed by atoms with van der Waals surface area (Å²) < 4.78 is 0. The van der Waals surface area contributed by atoms with Crippen LogP contribution in [-0.2, 0) is 0 Å². The van der Waals surface area contributed by atoms with Crippen LogP contribution in [0.4, 0.5) is 0 Å². The summed E-state index contributed by atoms with van der Waals surface area (Å²) in [4.78, 5) is 0. The van der Waals surface area contributed by atoms with Gasteiger partial charge in [0.2, 0.25) is 0 Å². The van der Waals surface area contributed by atoms with Crippen molar-refractivity contribution in [1.29, 1.82) is 0 Å². The van der Waals surface area contributed by atoms with Crippen molar-refractivity contribution in [2.45, 2.75) is 13.3 Å². The topological polar surface area (TPSA) is 0 Å². The van der Waals surface area contributed by atoms with Gasteiger partial charge in [0, 0.05) is 5.92 Å². The van der Waals surface area contributed by atoms with E-state index in [-0.39, 0.29) is 0 Å². The Morgan fingerprint density at radius 3 is 2.45 bits per heavy atom. The molecule has 0 aliphatic rings. The van der Waals surface area contributed by atoms with Crippen LogP contribution in [0.5, 0.6) is 0 Å². The Morgan fingerprint density at radius 1 is 1.36 bits per heavy atom. The number of allylic oxidation sites excluding steroid dienone is 1. The highest BCUT2D eigenvalue weighted by Crippen LogP contribution is 2.17. The van der Waals surface area contributed by atoms with Gasteiger partial charge in [-0.25, -0.2) is 0 Å². The van der Waals surface area contributed by atoms with Crippen molar-refractivity contribution in [3.05, 3.63) is 54.5 Å². The number of hydrogen-bond donors (Lipinski definition) is 0. The van der Waals surface area contributed by atoms with Gasteiger partial charge in [-0.3, -0.25) is 0 Å². The van der Waals surface area contributed by atoms with Crippen molar-refractivity contribution in [2.75, 3.05) is 0 Å². The fraction of sp³-hybridized carbons (Fsp3) is 0.182. The van der Waals surface area contributed by atoms with Gasteiger partial charge >= 0.3 is 0 Å². The minimum Gasteiger partial charge on any atom is -0.102 e. The van der Waals surface area contributed by atoms with Crippen molar-refractivity contribution in [3.8, 4) is 0 Å². The first-order chi connectivity index (χ1) is 5.38. The Hall–Kier alpha value is -1.04. The molecule has 1 radical (unpaired) electrons. The van der Waals surface area contributed by atoms with Crippen molar-refractivity contribution in [1.82, 2.24) is 0 Å². The molecule has 0 N–H and O–H groups in total. The second kappa shape index (κ2) is 3.97. The van der Waals surface area contributed by atoms with E-state index in [2.05, 4.69) is 37.8 Å². The van der Waals surface area contributed by atoms with Gasteiger partial charge in [-0.15, -0.1) is 6.58 Å². The lowest BCUT2D eigenvalue weighted by molar-refractivity contribution is 1.02. The fourth-order valence-electron chi connectivity index (χ4n) is 1.12. The normalized spacial score (nSPS) is 10.0. The minimum absolute atomic E-state index is 1.05. The summed E-state index contributed by atoms with van der Waals surface area (Å²) >= 11 is 0. The van der Waals surface area contributed by atoms with E-state index in [1.807, 2.05) is 12.1 Å². The Kier molecular flexibility index (Phi) is 2.91. The van der Waals surface area contributed by atoms with E-state index in [0.717, 1.165) is 6.42 Å². The van der Waals surface area contributed by atoms with Gasteiger partial charge < -0.3 is 0 Å². The molecule has 0 fully saturated rings. The molecule has 0 aliphatic carbocycles. The molecule has 0 heteroatoms. The highest BCUT2D eigenvalue weighted by atomic mass is 14.1. The fourth-order valence-corrected chi connectivity index (χ4v) is 1.12. The predicted octanol–water partition coefficient (Wildman–Crippen LogP) is 3.21. The highest BCUT2D eigenvalue weighted by Gasteiger charge is 2.02. The first-order valence-electron chi connectivity index (χ1n) is 3.92. The smallest absolute Gasteiger partial charge is 0.0258 e. The quantitative estimate of drug-likeness (QED) is 0.612. The van der Waals surface area contributed by atoms with Gasteiger partial charge in [-0.05, 0) is 12.0 Å². The van der Waals surface area contributed by atoms with Gasteiger partial charge in [0.05, 0.1) is 0 Å². The molecule has 0 saturated heterocycles. The molecule has 0 amide bonds. The third-order valence-electron chi connectivity index (χ3n) is 1.77. The first kappa shape index (κ1) is 8.06. The zero-order valence-electron chi connectivity index (χ0n) is 6.88. The number of benzene rings is 1. The van der Waals surface area contributed by atoms with Gasteiger partial charge in [-0.2, -0.15) is 0 Å². The van der Waals surface area contributed by atoms with E-state index in [1.165, 1.54) is 11.5 Å². The molecule has 0 bridgehead atoms. The van der Waals surface area contributed by atoms with Crippen LogP contribution in [0.25, 0.3) is 0 Å².